The first-order valence-corrected chi connectivity index (χ1v) is 8.77. The first kappa shape index (κ1) is 17.0. The van der Waals surface area contributed by atoms with E-state index >= 15 is 0 Å². The highest BCUT2D eigenvalue weighted by Crippen LogP contribution is 2.18. The molecule has 0 saturated heterocycles. The van der Waals surface area contributed by atoms with E-state index in [0.717, 1.165) is 11.3 Å². The van der Waals surface area contributed by atoms with Crippen LogP contribution in [-0.4, -0.2) is 31.7 Å². The summed E-state index contributed by atoms with van der Waals surface area (Å²) in [6.07, 6.45) is 0. The van der Waals surface area contributed by atoms with E-state index in [4.69, 9.17) is 0 Å². The Morgan fingerprint density at radius 3 is 2.44 bits per heavy atom. The molecule has 2 heterocycles. The second-order valence-electron chi connectivity index (χ2n) is 6.42. The van der Waals surface area contributed by atoms with Crippen molar-refractivity contribution in [2.45, 2.75) is 26.2 Å². The van der Waals surface area contributed by atoms with Gasteiger partial charge in [0.25, 0.3) is 5.91 Å². The van der Waals surface area contributed by atoms with Gasteiger partial charge in [-0.2, -0.15) is 0 Å². The summed E-state index contributed by atoms with van der Waals surface area (Å²) < 4.78 is 1.62. The van der Waals surface area contributed by atoms with Crippen LogP contribution in [0, 0.1) is 0 Å². The summed E-state index contributed by atoms with van der Waals surface area (Å²) in [6.45, 7) is 1.41. The number of nitrogens with one attached hydrogen (secondary N) is 1. The Morgan fingerprint density at radius 2 is 1.70 bits per heavy atom. The second kappa shape index (κ2) is 7.41. The lowest BCUT2D eigenvalue weighted by Gasteiger charge is -2.27. The SMILES string of the molecule is O=C(NCc1nnn2c1CN(Cc1ccccc1)C(=O)C2)c1ccccc1. The zero-order chi connectivity index (χ0) is 18.6. The Morgan fingerprint density at radius 1 is 1.00 bits per heavy atom. The number of rotatable bonds is 5. The first-order chi connectivity index (χ1) is 13.2. The van der Waals surface area contributed by atoms with Gasteiger partial charge in [-0.05, 0) is 17.7 Å². The molecule has 0 bridgehead atoms. The molecule has 1 aliphatic rings. The summed E-state index contributed by atoms with van der Waals surface area (Å²) in [5, 5.41) is 11.1. The van der Waals surface area contributed by atoms with Crippen molar-refractivity contribution in [2.24, 2.45) is 0 Å². The lowest BCUT2D eigenvalue weighted by molar-refractivity contribution is -0.135. The average Bonchev–Trinajstić information content (AvgIpc) is 3.09. The summed E-state index contributed by atoms with van der Waals surface area (Å²) in [4.78, 5) is 26.4. The van der Waals surface area contributed by atoms with Gasteiger partial charge in [-0.25, -0.2) is 4.68 Å². The number of benzene rings is 2. The molecule has 0 saturated carbocycles. The quantitative estimate of drug-likeness (QED) is 0.751. The molecule has 0 aliphatic carbocycles. The van der Waals surface area contributed by atoms with E-state index in [9.17, 15) is 9.59 Å². The van der Waals surface area contributed by atoms with Gasteiger partial charge >= 0.3 is 0 Å². The van der Waals surface area contributed by atoms with E-state index < -0.39 is 0 Å². The molecule has 0 radical (unpaired) electrons. The molecule has 1 N–H and O–H groups in total. The van der Waals surface area contributed by atoms with Gasteiger partial charge in [-0.1, -0.05) is 53.7 Å². The molecule has 0 spiro atoms. The highest BCUT2D eigenvalue weighted by atomic mass is 16.2. The van der Waals surface area contributed by atoms with Gasteiger partial charge in [0.2, 0.25) is 5.91 Å². The molecule has 27 heavy (non-hydrogen) atoms. The fourth-order valence-corrected chi connectivity index (χ4v) is 3.11. The number of amides is 2. The maximum Gasteiger partial charge on any atom is 0.251 e. The highest BCUT2D eigenvalue weighted by Gasteiger charge is 2.27. The van der Waals surface area contributed by atoms with E-state index in [2.05, 4.69) is 15.6 Å². The van der Waals surface area contributed by atoms with Crippen molar-refractivity contribution < 1.29 is 9.59 Å². The van der Waals surface area contributed by atoms with Gasteiger partial charge in [0, 0.05) is 12.1 Å². The number of carbonyl (C=O) groups is 2. The maximum absolute atomic E-state index is 12.4. The van der Waals surface area contributed by atoms with E-state index in [0.29, 0.717) is 24.3 Å². The number of aromatic nitrogens is 3. The number of carbonyl (C=O) groups excluding carboxylic acids is 2. The Labute approximate surface area is 156 Å². The van der Waals surface area contributed by atoms with E-state index in [1.54, 1.807) is 21.7 Å². The molecule has 0 fully saturated rings. The third-order valence-electron chi connectivity index (χ3n) is 4.57. The predicted molar refractivity (Wildman–Crippen MR) is 98.3 cm³/mol. The molecule has 136 valence electrons. The number of hydrogen-bond acceptors (Lipinski definition) is 4. The lowest BCUT2D eigenvalue weighted by Crippen LogP contribution is -2.39. The molecule has 7 heteroatoms. The van der Waals surface area contributed by atoms with Crippen molar-refractivity contribution in [3.63, 3.8) is 0 Å². The van der Waals surface area contributed by atoms with Crippen LogP contribution in [0.3, 0.4) is 0 Å². The zero-order valence-corrected chi connectivity index (χ0v) is 14.7. The summed E-state index contributed by atoms with van der Waals surface area (Å²) in [5.41, 5.74) is 3.22. The lowest BCUT2D eigenvalue weighted by atomic mass is 10.1. The molecule has 4 rings (SSSR count). The van der Waals surface area contributed by atoms with Crippen molar-refractivity contribution in [1.82, 2.24) is 25.2 Å². The highest BCUT2D eigenvalue weighted by molar-refractivity contribution is 5.94. The normalized spacial score (nSPS) is 13.3. The van der Waals surface area contributed by atoms with Gasteiger partial charge in [0.05, 0.1) is 18.8 Å². The van der Waals surface area contributed by atoms with Crippen LogP contribution in [0.5, 0.6) is 0 Å². The Balaban J connectivity index is 1.45. The van der Waals surface area contributed by atoms with Crippen LogP contribution in [0.25, 0.3) is 0 Å². The van der Waals surface area contributed by atoms with Gasteiger partial charge in [0.1, 0.15) is 12.2 Å². The molecule has 0 unspecified atom stereocenters. The standard InChI is InChI=1S/C20H19N5O2/c26-19-14-25-18(13-24(19)12-15-7-3-1-4-8-15)17(22-23-25)11-21-20(27)16-9-5-2-6-10-16/h1-10H,11-14H2,(H,21,27). The molecular weight excluding hydrogens is 342 g/mol. The van der Waals surface area contributed by atoms with Crippen LogP contribution < -0.4 is 5.32 Å². The van der Waals surface area contributed by atoms with Gasteiger partial charge in [0.15, 0.2) is 0 Å². The topological polar surface area (TPSA) is 80.1 Å². The average molecular weight is 361 g/mol. The first-order valence-electron chi connectivity index (χ1n) is 8.77. The summed E-state index contributed by atoms with van der Waals surface area (Å²) in [5.74, 6) is -0.151. The molecule has 0 atom stereocenters. The largest absolute Gasteiger partial charge is 0.346 e. The van der Waals surface area contributed by atoms with E-state index in [1.807, 2.05) is 48.5 Å². The molecule has 2 aromatic carbocycles. The third-order valence-corrected chi connectivity index (χ3v) is 4.57. The van der Waals surface area contributed by atoms with Crippen LogP contribution in [0.1, 0.15) is 27.3 Å². The summed E-state index contributed by atoms with van der Waals surface area (Å²) in [7, 11) is 0. The van der Waals surface area contributed by atoms with Crippen molar-refractivity contribution in [1.29, 1.82) is 0 Å². The fourth-order valence-electron chi connectivity index (χ4n) is 3.11. The molecule has 7 nitrogen and oxygen atoms in total. The minimum atomic E-state index is -0.162. The Bertz CT molecular complexity index is 953. The molecule has 1 aliphatic heterocycles. The van der Waals surface area contributed by atoms with E-state index in [-0.39, 0.29) is 24.9 Å². The Hall–Kier alpha value is -3.48. The maximum atomic E-state index is 12.4. The molecular formula is C20H19N5O2. The molecule has 1 aromatic heterocycles. The Kier molecular flexibility index (Phi) is 4.65. The fraction of sp³-hybridized carbons (Fsp3) is 0.200. The third kappa shape index (κ3) is 3.72. The summed E-state index contributed by atoms with van der Waals surface area (Å²) >= 11 is 0. The predicted octanol–water partition coefficient (Wildman–Crippen LogP) is 1.75. The second-order valence-corrected chi connectivity index (χ2v) is 6.42. The van der Waals surface area contributed by atoms with Crippen LogP contribution in [0.4, 0.5) is 0 Å². The number of fused-ring (bicyclic) bond motifs is 1. The summed E-state index contributed by atoms with van der Waals surface area (Å²) in [6, 6.07) is 18.9. The van der Waals surface area contributed by atoms with Crippen molar-refractivity contribution >= 4 is 11.8 Å². The number of hydrogen-bond donors (Lipinski definition) is 1. The zero-order valence-electron chi connectivity index (χ0n) is 14.7. The van der Waals surface area contributed by atoms with Gasteiger partial charge in [-0.3, -0.25) is 9.59 Å². The van der Waals surface area contributed by atoms with Crippen LogP contribution in [-0.2, 0) is 31.0 Å². The van der Waals surface area contributed by atoms with Crippen molar-refractivity contribution in [3.8, 4) is 0 Å². The van der Waals surface area contributed by atoms with Gasteiger partial charge in [-0.15, -0.1) is 5.10 Å². The van der Waals surface area contributed by atoms with Gasteiger partial charge < -0.3 is 10.2 Å². The van der Waals surface area contributed by atoms with Crippen LogP contribution >= 0.6 is 0 Å². The van der Waals surface area contributed by atoms with E-state index in [1.165, 1.54) is 0 Å². The van der Waals surface area contributed by atoms with Crippen LogP contribution in [0.15, 0.2) is 60.7 Å². The molecule has 3 aromatic rings. The number of nitrogens with zero attached hydrogens (tertiary/aromatic N) is 4. The molecule has 2 amide bonds. The minimum Gasteiger partial charge on any atom is -0.346 e. The minimum absolute atomic E-state index is 0.0103. The monoisotopic (exact) mass is 361 g/mol. The van der Waals surface area contributed by atoms with Crippen molar-refractivity contribution in [2.75, 3.05) is 0 Å². The van der Waals surface area contributed by atoms with Crippen molar-refractivity contribution in [3.05, 3.63) is 83.2 Å². The van der Waals surface area contributed by atoms with Crippen LogP contribution in [0.2, 0.25) is 0 Å². The smallest absolute Gasteiger partial charge is 0.251 e.